The molecule has 1 aliphatic rings. The second kappa shape index (κ2) is 4.84. The molecule has 0 bridgehead atoms. The predicted molar refractivity (Wildman–Crippen MR) is 63.8 cm³/mol. The third-order valence-electron chi connectivity index (χ3n) is 3.60. The zero-order valence-corrected chi connectivity index (χ0v) is 10.4. The van der Waals surface area contributed by atoms with Gasteiger partial charge in [-0.15, -0.1) is 0 Å². The SMILES string of the molecule is O=C(O)C1(c2c(F)cc(Cl)cc2F)CCCCC1. The summed E-state index contributed by atoms with van der Waals surface area (Å²) < 4.78 is 27.8. The summed E-state index contributed by atoms with van der Waals surface area (Å²) in [5.74, 6) is -2.91. The lowest BCUT2D eigenvalue weighted by Crippen LogP contribution is -2.39. The van der Waals surface area contributed by atoms with Gasteiger partial charge in [0.05, 0.1) is 5.41 Å². The van der Waals surface area contributed by atoms with E-state index in [0.717, 1.165) is 18.6 Å². The summed E-state index contributed by atoms with van der Waals surface area (Å²) in [6.45, 7) is 0. The molecule has 1 aromatic rings. The van der Waals surface area contributed by atoms with E-state index in [2.05, 4.69) is 0 Å². The van der Waals surface area contributed by atoms with Crippen LogP contribution in [0, 0.1) is 11.6 Å². The van der Waals surface area contributed by atoms with Crippen molar-refractivity contribution < 1.29 is 18.7 Å². The van der Waals surface area contributed by atoms with Gasteiger partial charge in [-0.1, -0.05) is 30.9 Å². The van der Waals surface area contributed by atoms with Crippen LogP contribution in [0.2, 0.25) is 5.02 Å². The molecule has 1 saturated carbocycles. The van der Waals surface area contributed by atoms with E-state index in [9.17, 15) is 18.7 Å². The van der Waals surface area contributed by atoms with Crippen molar-refractivity contribution in [3.63, 3.8) is 0 Å². The smallest absolute Gasteiger partial charge is 0.314 e. The highest BCUT2D eigenvalue weighted by Crippen LogP contribution is 2.42. The summed E-state index contributed by atoms with van der Waals surface area (Å²) >= 11 is 5.56. The van der Waals surface area contributed by atoms with E-state index in [1.807, 2.05) is 0 Å². The van der Waals surface area contributed by atoms with E-state index in [1.54, 1.807) is 0 Å². The van der Waals surface area contributed by atoms with Crippen LogP contribution in [0.4, 0.5) is 8.78 Å². The predicted octanol–water partition coefficient (Wildman–Crippen LogP) is 3.90. The maximum absolute atomic E-state index is 13.9. The Morgan fingerprint density at radius 2 is 1.67 bits per heavy atom. The van der Waals surface area contributed by atoms with Crippen LogP contribution in [-0.4, -0.2) is 11.1 Å². The highest BCUT2D eigenvalue weighted by Gasteiger charge is 2.45. The van der Waals surface area contributed by atoms with E-state index < -0.39 is 23.0 Å². The number of benzene rings is 1. The van der Waals surface area contributed by atoms with Gasteiger partial charge >= 0.3 is 5.97 Å². The quantitative estimate of drug-likeness (QED) is 0.888. The summed E-state index contributed by atoms with van der Waals surface area (Å²) in [6, 6.07) is 1.94. The van der Waals surface area contributed by atoms with Crippen molar-refractivity contribution in [1.29, 1.82) is 0 Å². The lowest BCUT2D eigenvalue weighted by atomic mass is 9.69. The standard InChI is InChI=1S/C13H13ClF2O2/c14-8-6-9(15)11(10(16)7-8)13(12(17)18)4-2-1-3-5-13/h6-7H,1-5H2,(H,17,18). The normalized spacial score (nSPS) is 18.6. The molecule has 0 spiro atoms. The first-order valence-electron chi connectivity index (χ1n) is 5.86. The molecular formula is C13H13ClF2O2. The van der Waals surface area contributed by atoms with Crippen LogP contribution < -0.4 is 0 Å². The molecule has 2 nitrogen and oxygen atoms in total. The van der Waals surface area contributed by atoms with Gasteiger partial charge in [0, 0.05) is 10.6 Å². The Morgan fingerprint density at radius 3 is 2.11 bits per heavy atom. The highest BCUT2D eigenvalue weighted by molar-refractivity contribution is 6.30. The molecular weight excluding hydrogens is 262 g/mol. The topological polar surface area (TPSA) is 37.3 Å². The molecule has 1 aromatic carbocycles. The van der Waals surface area contributed by atoms with Crippen molar-refractivity contribution in [3.8, 4) is 0 Å². The molecule has 98 valence electrons. The molecule has 5 heteroatoms. The van der Waals surface area contributed by atoms with Crippen LogP contribution in [0.1, 0.15) is 37.7 Å². The third-order valence-corrected chi connectivity index (χ3v) is 3.82. The first-order valence-corrected chi connectivity index (χ1v) is 6.23. The van der Waals surface area contributed by atoms with Crippen molar-refractivity contribution in [3.05, 3.63) is 34.4 Å². The summed E-state index contributed by atoms with van der Waals surface area (Å²) in [5, 5.41) is 9.33. The third kappa shape index (κ3) is 2.09. The zero-order chi connectivity index (χ0) is 13.3. The number of halogens is 3. The van der Waals surface area contributed by atoms with Crippen LogP contribution in [0.5, 0.6) is 0 Å². The molecule has 0 atom stereocenters. The minimum absolute atomic E-state index is 0.0647. The lowest BCUT2D eigenvalue weighted by Gasteiger charge is -2.34. The molecule has 0 unspecified atom stereocenters. The zero-order valence-electron chi connectivity index (χ0n) is 9.68. The van der Waals surface area contributed by atoms with E-state index in [-0.39, 0.29) is 23.4 Å². The van der Waals surface area contributed by atoms with Crippen molar-refractivity contribution in [2.45, 2.75) is 37.5 Å². The van der Waals surface area contributed by atoms with Crippen molar-refractivity contribution in [1.82, 2.24) is 0 Å². The summed E-state index contributed by atoms with van der Waals surface area (Å²) in [5.41, 5.74) is -1.80. The van der Waals surface area contributed by atoms with Crippen LogP contribution in [0.3, 0.4) is 0 Å². The fourth-order valence-electron chi connectivity index (χ4n) is 2.73. The number of hydrogen-bond acceptors (Lipinski definition) is 1. The van der Waals surface area contributed by atoms with Crippen LogP contribution in [-0.2, 0) is 10.2 Å². The van der Waals surface area contributed by atoms with Crippen molar-refractivity contribution in [2.24, 2.45) is 0 Å². The van der Waals surface area contributed by atoms with Gasteiger partial charge in [-0.2, -0.15) is 0 Å². The van der Waals surface area contributed by atoms with Crippen molar-refractivity contribution >= 4 is 17.6 Å². The molecule has 2 rings (SSSR count). The summed E-state index contributed by atoms with van der Waals surface area (Å²) in [6.07, 6.45) is 2.74. The second-order valence-electron chi connectivity index (χ2n) is 4.69. The molecule has 0 amide bonds. The van der Waals surface area contributed by atoms with Crippen LogP contribution >= 0.6 is 11.6 Å². The van der Waals surface area contributed by atoms with Gasteiger partial charge in [0.1, 0.15) is 11.6 Å². The molecule has 0 aromatic heterocycles. The summed E-state index contributed by atoms with van der Waals surface area (Å²) in [4.78, 5) is 11.5. The molecule has 0 saturated heterocycles. The average molecular weight is 275 g/mol. The number of hydrogen-bond donors (Lipinski definition) is 1. The Labute approximate surface area is 109 Å². The van der Waals surface area contributed by atoms with Gasteiger partial charge in [0.25, 0.3) is 0 Å². The molecule has 18 heavy (non-hydrogen) atoms. The van der Waals surface area contributed by atoms with Gasteiger partial charge in [-0.25, -0.2) is 8.78 Å². The first kappa shape index (κ1) is 13.3. The minimum atomic E-state index is -1.45. The molecule has 1 N–H and O–H groups in total. The molecule has 0 heterocycles. The fraction of sp³-hybridized carbons (Fsp3) is 0.462. The lowest BCUT2D eigenvalue weighted by molar-refractivity contribution is -0.145. The van der Waals surface area contributed by atoms with E-state index in [4.69, 9.17) is 11.6 Å². The number of rotatable bonds is 2. The fourth-order valence-corrected chi connectivity index (χ4v) is 2.92. The van der Waals surface area contributed by atoms with Crippen LogP contribution in [0.25, 0.3) is 0 Å². The summed E-state index contributed by atoms with van der Waals surface area (Å²) in [7, 11) is 0. The maximum atomic E-state index is 13.9. The molecule has 0 aliphatic heterocycles. The van der Waals surface area contributed by atoms with Gasteiger partial charge in [0.2, 0.25) is 0 Å². The highest BCUT2D eigenvalue weighted by atomic mass is 35.5. The molecule has 0 radical (unpaired) electrons. The molecule has 1 fully saturated rings. The Kier molecular flexibility index (Phi) is 3.57. The first-order chi connectivity index (χ1) is 8.47. The van der Waals surface area contributed by atoms with E-state index in [0.29, 0.717) is 12.8 Å². The number of aliphatic carboxylic acids is 1. The Hall–Kier alpha value is -1.16. The number of carboxylic acid groups (broad SMARTS) is 1. The van der Waals surface area contributed by atoms with E-state index >= 15 is 0 Å². The van der Waals surface area contributed by atoms with Gasteiger partial charge in [0.15, 0.2) is 0 Å². The van der Waals surface area contributed by atoms with Gasteiger partial charge in [-0.3, -0.25) is 4.79 Å². The Morgan fingerprint density at radius 1 is 1.17 bits per heavy atom. The van der Waals surface area contributed by atoms with E-state index in [1.165, 1.54) is 0 Å². The van der Waals surface area contributed by atoms with Gasteiger partial charge in [-0.05, 0) is 25.0 Å². The average Bonchev–Trinajstić information content (AvgIpc) is 2.28. The largest absolute Gasteiger partial charge is 0.481 e. The van der Waals surface area contributed by atoms with Crippen LogP contribution in [0.15, 0.2) is 12.1 Å². The number of carboxylic acids is 1. The monoisotopic (exact) mass is 274 g/mol. The Balaban J connectivity index is 2.59. The second-order valence-corrected chi connectivity index (χ2v) is 5.13. The Bertz CT molecular complexity index is 459. The number of carbonyl (C=O) groups is 1. The molecule has 1 aliphatic carbocycles. The minimum Gasteiger partial charge on any atom is -0.481 e. The maximum Gasteiger partial charge on any atom is 0.314 e. The van der Waals surface area contributed by atoms with Crippen molar-refractivity contribution in [2.75, 3.05) is 0 Å². The van der Waals surface area contributed by atoms with Gasteiger partial charge < -0.3 is 5.11 Å².